The van der Waals surface area contributed by atoms with Gasteiger partial charge in [0.15, 0.2) is 5.82 Å². The van der Waals surface area contributed by atoms with Crippen molar-refractivity contribution in [3.05, 3.63) is 188 Å². The summed E-state index contributed by atoms with van der Waals surface area (Å²) in [5.74, 6) is 3.44. The number of aromatic nitrogens is 17. The molecule has 0 aliphatic carbocycles. The maximum Gasteiger partial charge on any atom is 0.223 e. The quantitative estimate of drug-likeness (QED) is 0.128. The van der Waals surface area contributed by atoms with E-state index in [0.717, 1.165) is 26.5 Å². The monoisotopic (exact) mass is 1220 g/mol. The highest BCUT2D eigenvalue weighted by molar-refractivity contribution is 7.11. The standard InChI is InChI=1S/2C5H7N.C5H6O.C5H6S.2C4H6N2O.2C4H6N2S.2C4H6N2.C3H5N3.7C2H6/c1-5-2-3-6-4-5;1-6-4-2-3-5-6;2*1-5-2-3-6-4-5;1-3-5-6-4(2)7-3;1-3-5-4(2)7-6-3;1-3-5-6-4(2)7-3;1-3-5-4(2)7-6-3;1-4-2-5-6-3-4;1-4-2-3-5-6-4;1-6-3-4-2-5-6;7*1-2/h2-4,6H,1H3;2-5H,1H3;2*2-4H,1H3;4*1-2H3;2*2-3H,1H3,(H,5,6);2-3H,1H3;7*1-2H3. The van der Waals surface area contributed by atoms with Gasteiger partial charge in [-0.2, -0.15) is 36.0 Å². The summed E-state index contributed by atoms with van der Waals surface area (Å²) in [7, 11) is 3.83. The SMILES string of the molecule is CC.CC.CC.CC.CC.CC.CC.Cc1cc[nH]c1.Cc1ccn[nH]1.Cc1ccoc1.Cc1ccsc1.Cc1cn[nH]c1.Cc1nnc(C)o1.Cc1nnc(C)s1.Cc1noc(C)n1.Cc1nsc(C)n1.Cn1cccc1.Cn1cncn1. The van der Waals surface area contributed by atoms with Gasteiger partial charge in [-0.1, -0.05) is 102 Å². The minimum Gasteiger partial charge on any atom is -0.472 e. The van der Waals surface area contributed by atoms with Crippen molar-refractivity contribution in [1.29, 1.82) is 0 Å². The zero-order chi connectivity index (χ0) is 65.9. The number of furan rings is 1. The lowest BCUT2D eigenvalue weighted by Gasteiger charge is -1.79. The fraction of sp³-hybridized carbons (Fsp3) is 0.475. The molecule has 0 radical (unpaired) electrons. The molecular weight excluding hydrogens is 1110 g/mol. The Kier molecular flexibility index (Phi) is 75.0. The van der Waals surface area contributed by atoms with Crippen molar-refractivity contribution in [2.45, 2.75) is 187 Å². The van der Waals surface area contributed by atoms with Gasteiger partial charge in [0.2, 0.25) is 17.7 Å². The van der Waals surface area contributed by atoms with Gasteiger partial charge in [0.25, 0.3) is 0 Å². The van der Waals surface area contributed by atoms with Gasteiger partial charge in [0.1, 0.15) is 33.5 Å². The van der Waals surface area contributed by atoms with Gasteiger partial charge in [0, 0.05) is 77.7 Å². The molecular formula is C61H109N17O3S3. The average molecular weight is 1220 g/mol. The Morgan fingerprint density at radius 3 is 1.27 bits per heavy atom. The predicted octanol–water partition coefficient (Wildman–Crippen LogP) is 18.1. The number of aromatic amines is 3. The van der Waals surface area contributed by atoms with Gasteiger partial charge < -0.3 is 22.9 Å². The van der Waals surface area contributed by atoms with E-state index in [1.165, 1.54) is 40.1 Å². The molecule has 20 nitrogen and oxygen atoms in total. The third kappa shape index (κ3) is 67.0. The van der Waals surface area contributed by atoms with E-state index in [4.69, 9.17) is 8.83 Å². The zero-order valence-corrected chi connectivity index (χ0v) is 59.1. The Bertz CT molecular complexity index is 2190. The Balaban J connectivity index is -0.000000152. The van der Waals surface area contributed by atoms with Crippen molar-refractivity contribution >= 4 is 34.2 Å². The Morgan fingerprint density at radius 1 is 0.560 bits per heavy atom. The van der Waals surface area contributed by atoms with Crippen molar-refractivity contribution < 1.29 is 13.4 Å². The van der Waals surface area contributed by atoms with Crippen molar-refractivity contribution in [3.63, 3.8) is 0 Å². The topological polar surface area (TPSA) is 251 Å². The van der Waals surface area contributed by atoms with E-state index in [0.29, 0.717) is 23.5 Å². The molecule has 0 amide bonds. The van der Waals surface area contributed by atoms with Gasteiger partial charge in [0.05, 0.1) is 18.7 Å². The second-order valence-electron chi connectivity index (χ2n) is 14.3. The fourth-order valence-electron chi connectivity index (χ4n) is 3.99. The van der Waals surface area contributed by atoms with Crippen LogP contribution in [0.25, 0.3) is 0 Å². The molecule has 3 N–H and O–H groups in total. The van der Waals surface area contributed by atoms with E-state index in [2.05, 4.69) is 111 Å². The smallest absolute Gasteiger partial charge is 0.223 e. The van der Waals surface area contributed by atoms with Crippen molar-refractivity contribution in [2.24, 2.45) is 14.1 Å². The van der Waals surface area contributed by atoms with Crippen LogP contribution in [0.15, 0.2) is 129 Å². The van der Waals surface area contributed by atoms with Crippen LogP contribution in [-0.2, 0) is 14.1 Å². The number of rotatable bonds is 0. The molecule has 11 aromatic heterocycles. The average Bonchev–Trinajstić information content (AvgIpc) is 4.30. The second-order valence-corrected chi connectivity index (χ2v) is 17.4. The number of nitrogens with one attached hydrogen (secondary N) is 3. The highest BCUT2D eigenvalue weighted by Crippen LogP contribution is 2.04. The van der Waals surface area contributed by atoms with Crippen LogP contribution in [0.1, 0.15) is 169 Å². The Morgan fingerprint density at radius 2 is 1.14 bits per heavy atom. The molecule has 0 fully saturated rings. The number of H-pyrrole nitrogens is 3. The first-order valence-electron chi connectivity index (χ1n) is 28.3. The summed E-state index contributed by atoms with van der Waals surface area (Å²) < 4.78 is 21.8. The first-order chi connectivity index (χ1) is 40.4. The lowest BCUT2D eigenvalue weighted by molar-refractivity contribution is 0.389. The summed E-state index contributed by atoms with van der Waals surface area (Å²) >= 11 is 4.80. The van der Waals surface area contributed by atoms with Crippen LogP contribution in [0.4, 0.5) is 0 Å². The summed E-state index contributed by atoms with van der Waals surface area (Å²) in [5.41, 5.74) is 6.11. The number of aryl methyl sites for hydroxylation is 15. The van der Waals surface area contributed by atoms with E-state index in [-0.39, 0.29) is 0 Å². The predicted molar refractivity (Wildman–Crippen MR) is 357 cm³/mol. The lowest BCUT2D eigenvalue weighted by atomic mass is 10.4. The van der Waals surface area contributed by atoms with Crippen LogP contribution in [0, 0.1) is 90.0 Å². The number of hydrogen-bond donors (Lipinski definition) is 3. The Labute approximate surface area is 518 Å². The molecule has 0 spiro atoms. The summed E-state index contributed by atoms with van der Waals surface area (Å²) in [6.07, 6.45) is 19.7. The van der Waals surface area contributed by atoms with Crippen LogP contribution >= 0.6 is 34.2 Å². The van der Waals surface area contributed by atoms with Gasteiger partial charge >= 0.3 is 0 Å². The largest absolute Gasteiger partial charge is 0.472 e. The van der Waals surface area contributed by atoms with E-state index < -0.39 is 0 Å². The molecule has 474 valence electrons. The van der Waals surface area contributed by atoms with Gasteiger partial charge in [-0.3, -0.25) is 14.9 Å². The van der Waals surface area contributed by atoms with Crippen LogP contribution in [0.5, 0.6) is 0 Å². The van der Waals surface area contributed by atoms with Gasteiger partial charge in [-0.05, 0) is 150 Å². The summed E-state index contributed by atoms with van der Waals surface area (Å²) in [6, 6.07) is 12.0. The van der Waals surface area contributed by atoms with Crippen LogP contribution in [0.2, 0.25) is 0 Å². The molecule has 11 aromatic rings. The molecule has 0 bridgehead atoms. The lowest BCUT2D eigenvalue weighted by Crippen LogP contribution is -1.83. The highest BCUT2D eigenvalue weighted by Gasteiger charge is 1.91. The van der Waals surface area contributed by atoms with E-state index in [1.807, 2.05) is 225 Å². The van der Waals surface area contributed by atoms with Gasteiger partial charge in [-0.25, -0.2) is 9.97 Å². The first kappa shape index (κ1) is 90.3. The molecule has 0 aromatic carbocycles. The fourth-order valence-corrected chi connectivity index (χ4v) is 5.73. The normalized spacial score (nSPS) is 8.06. The molecule has 0 saturated heterocycles. The highest BCUT2D eigenvalue weighted by atomic mass is 32.1. The van der Waals surface area contributed by atoms with E-state index in [9.17, 15) is 0 Å². The van der Waals surface area contributed by atoms with Crippen LogP contribution < -0.4 is 0 Å². The van der Waals surface area contributed by atoms with Crippen LogP contribution in [-0.4, -0.2) is 84.6 Å². The molecule has 11 heterocycles. The summed E-state index contributed by atoms with van der Waals surface area (Å²) in [6.45, 7) is 52.9. The molecule has 84 heavy (non-hydrogen) atoms. The third-order valence-corrected chi connectivity index (χ3v) is 9.42. The zero-order valence-electron chi connectivity index (χ0n) is 56.7. The molecule has 0 unspecified atom stereocenters. The molecule has 0 aliphatic rings. The third-order valence-electron chi connectivity index (χ3n) is 7.16. The summed E-state index contributed by atoms with van der Waals surface area (Å²) in [4.78, 5) is 14.5. The summed E-state index contributed by atoms with van der Waals surface area (Å²) in [5, 5.41) is 42.2. The van der Waals surface area contributed by atoms with Gasteiger partial charge in [-0.15, -0.1) is 31.7 Å². The molecule has 0 saturated carbocycles. The van der Waals surface area contributed by atoms with Crippen molar-refractivity contribution in [3.8, 4) is 0 Å². The number of hydrogen-bond acceptors (Lipinski definition) is 18. The van der Waals surface area contributed by atoms with Crippen molar-refractivity contribution in [2.75, 3.05) is 0 Å². The van der Waals surface area contributed by atoms with Crippen LogP contribution in [0.3, 0.4) is 0 Å². The molecule has 23 heteroatoms. The molecule has 11 rings (SSSR count). The van der Waals surface area contributed by atoms with Crippen molar-refractivity contribution in [1.82, 2.24) is 84.6 Å². The second kappa shape index (κ2) is 69.8. The number of nitrogens with zero attached hydrogens (tertiary/aromatic N) is 14. The number of thiophene rings is 1. The minimum atomic E-state index is 0.623. The van der Waals surface area contributed by atoms with E-state index in [1.54, 1.807) is 86.3 Å². The molecule has 0 aliphatic heterocycles. The maximum absolute atomic E-state index is 4.86. The Hall–Kier alpha value is -7.50. The molecule has 0 atom stereocenters. The first-order valence-corrected chi connectivity index (χ1v) is 30.9. The minimum absolute atomic E-state index is 0.623. The van der Waals surface area contributed by atoms with E-state index >= 15 is 0 Å². The maximum atomic E-state index is 4.86.